The second-order valence-corrected chi connectivity index (χ2v) is 4.46. The summed E-state index contributed by atoms with van der Waals surface area (Å²) in [5.41, 5.74) is 0. The normalized spacial score (nSPS) is 27.4. The van der Waals surface area contributed by atoms with Crippen molar-refractivity contribution in [1.29, 1.82) is 0 Å². The Morgan fingerprint density at radius 2 is 2.21 bits per heavy atom. The Morgan fingerprint density at radius 3 is 2.86 bits per heavy atom. The average molecular weight is 196 g/mol. The van der Waals surface area contributed by atoms with Crippen LogP contribution >= 0.6 is 0 Å². The summed E-state index contributed by atoms with van der Waals surface area (Å²) in [5.74, 6) is 0.338. The molecule has 3 heteroatoms. The van der Waals surface area contributed by atoms with Gasteiger partial charge >= 0.3 is 0 Å². The van der Waals surface area contributed by atoms with Crippen LogP contribution in [0.2, 0.25) is 0 Å². The Kier molecular flexibility index (Phi) is 3.06. The highest BCUT2D eigenvalue weighted by Crippen LogP contribution is 2.22. The van der Waals surface area contributed by atoms with Crippen molar-refractivity contribution in [3.8, 4) is 0 Å². The van der Waals surface area contributed by atoms with Gasteiger partial charge in [-0.15, -0.1) is 0 Å². The minimum atomic E-state index is 0.138. The number of hydrogen-bond donors (Lipinski definition) is 1. The Bertz CT molecular complexity index is 213. The van der Waals surface area contributed by atoms with Crippen LogP contribution in [0.3, 0.4) is 0 Å². The molecule has 3 nitrogen and oxygen atoms in total. The number of rotatable bonds is 5. The monoisotopic (exact) mass is 196 g/mol. The molecule has 2 rings (SSSR count). The predicted octanol–water partition coefficient (Wildman–Crippen LogP) is 1.14. The van der Waals surface area contributed by atoms with Crippen LogP contribution in [0.1, 0.15) is 39.0 Å². The molecule has 1 N–H and O–H groups in total. The zero-order valence-corrected chi connectivity index (χ0v) is 8.96. The molecular weight excluding hydrogens is 176 g/mol. The first-order valence-electron chi connectivity index (χ1n) is 5.86. The number of carbonyl (C=O) groups is 1. The maximum atomic E-state index is 11.8. The molecule has 1 unspecified atom stereocenters. The molecule has 2 fully saturated rings. The molecule has 14 heavy (non-hydrogen) atoms. The van der Waals surface area contributed by atoms with Gasteiger partial charge in [0.1, 0.15) is 0 Å². The lowest BCUT2D eigenvalue weighted by Gasteiger charge is -2.16. The van der Waals surface area contributed by atoms with Gasteiger partial charge in [-0.25, -0.2) is 0 Å². The smallest absolute Gasteiger partial charge is 0.239 e. The van der Waals surface area contributed by atoms with Crippen LogP contribution in [0, 0.1) is 0 Å². The van der Waals surface area contributed by atoms with Crippen LogP contribution in [0.15, 0.2) is 0 Å². The van der Waals surface area contributed by atoms with Crippen LogP contribution in [-0.4, -0.2) is 36.0 Å². The van der Waals surface area contributed by atoms with Gasteiger partial charge in [0.15, 0.2) is 0 Å². The molecule has 1 saturated heterocycles. The molecule has 0 radical (unpaired) electrons. The molecule has 1 saturated carbocycles. The van der Waals surface area contributed by atoms with Gasteiger partial charge in [-0.05, 0) is 25.7 Å². The van der Waals surface area contributed by atoms with E-state index in [4.69, 9.17) is 0 Å². The minimum absolute atomic E-state index is 0.138. The zero-order chi connectivity index (χ0) is 9.97. The van der Waals surface area contributed by atoms with Crippen LogP contribution in [0.25, 0.3) is 0 Å². The third-order valence-corrected chi connectivity index (χ3v) is 3.09. The van der Waals surface area contributed by atoms with Crippen molar-refractivity contribution < 1.29 is 4.79 Å². The molecule has 1 atom stereocenters. The third-order valence-electron chi connectivity index (χ3n) is 3.09. The lowest BCUT2D eigenvalue weighted by atomic mass is 10.2. The molecule has 0 spiro atoms. The van der Waals surface area contributed by atoms with Gasteiger partial charge in [-0.3, -0.25) is 4.79 Å². The second-order valence-electron chi connectivity index (χ2n) is 4.46. The van der Waals surface area contributed by atoms with Gasteiger partial charge in [0.05, 0.1) is 6.04 Å². The van der Waals surface area contributed by atoms with E-state index in [1.165, 1.54) is 19.3 Å². The molecule has 1 aliphatic carbocycles. The lowest BCUT2D eigenvalue weighted by molar-refractivity contribution is -0.129. The van der Waals surface area contributed by atoms with Crippen molar-refractivity contribution >= 4 is 5.91 Å². The highest BCUT2D eigenvalue weighted by Gasteiger charge is 2.34. The van der Waals surface area contributed by atoms with E-state index >= 15 is 0 Å². The van der Waals surface area contributed by atoms with E-state index in [0.717, 1.165) is 25.9 Å². The fraction of sp³-hybridized carbons (Fsp3) is 0.909. The maximum absolute atomic E-state index is 11.8. The summed E-state index contributed by atoms with van der Waals surface area (Å²) in [6.07, 6.45) is 5.85. The first-order valence-corrected chi connectivity index (χ1v) is 5.86. The quantitative estimate of drug-likeness (QED) is 0.715. The largest absolute Gasteiger partial charge is 0.341 e. The lowest BCUT2D eigenvalue weighted by Crippen LogP contribution is -2.39. The summed E-state index contributed by atoms with van der Waals surface area (Å²) in [7, 11) is 0. The SMILES string of the molecule is CCCCN1CCC(NC2CC2)C1=O. The van der Waals surface area contributed by atoms with Crippen molar-refractivity contribution in [2.24, 2.45) is 0 Å². The Labute approximate surface area is 85.8 Å². The van der Waals surface area contributed by atoms with E-state index in [0.29, 0.717) is 11.9 Å². The van der Waals surface area contributed by atoms with Crippen molar-refractivity contribution in [3.63, 3.8) is 0 Å². The molecular formula is C11H20N2O. The average Bonchev–Trinajstić information content (AvgIpc) is 2.93. The molecule has 2 aliphatic rings. The topological polar surface area (TPSA) is 32.3 Å². The summed E-state index contributed by atoms with van der Waals surface area (Å²) < 4.78 is 0. The number of nitrogens with one attached hydrogen (secondary N) is 1. The van der Waals surface area contributed by atoms with E-state index < -0.39 is 0 Å². The van der Waals surface area contributed by atoms with Gasteiger partial charge < -0.3 is 10.2 Å². The highest BCUT2D eigenvalue weighted by atomic mass is 16.2. The Morgan fingerprint density at radius 1 is 1.43 bits per heavy atom. The van der Waals surface area contributed by atoms with E-state index in [9.17, 15) is 4.79 Å². The van der Waals surface area contributed by atoms with Gasteiger partial charge in [0.25, 0.3) is 0 Å². The van der Waals surface area contributed by atoms with Crippen molar-refractivity contribution in [1.82, 2.24) is 10.2 Å². The molecule has 0 bridgehead atoms. The molecule has 80 valence electrons. The summed E-state index contributed by atoms with van der Waals surface area (Å²) >= 11 is 0. The predicted molar refractivity (Wildman–Crippen MR) is 56.1 cm³/mol. The first-order chi connectivity index (χ1) is 6.81. The standard InChI is InChI=1S/C11H20N2O/c1-2-3-7-13-8-6-10(11(13)14)12-9-4-5-9/h9-10,12H,2-8H2,1H3. The highest BCUT2D eigenvalue weighted by molar-refractivity contribution is 5.84. The number of hydrogen-bond acceptors (Lipinski definition) is 2. The van der Waals surface area contributed by atoms with E-state index in [1.54, 1.807) is 0 Å². The number of carbonyl (C=O) groups excluding carboxylic acids is 1. The summed E-state index contributed by atoms with van der Waals surface area (Å²) in [6.45, 7) is 4.09. The zero-order valence-electron chi connectivity index (χ0n) is 8.96. The van der Waals surface area contributed by atoms with Crippen molar-refractivity contribution in [3.05, 3.63) is 0 Å². The number of likely N-dealkylation sites (tertiary alicyclic amines) is 1. The van der Waals surface area contributed by atoms with Gasteiger partial charge in [0.2, 0.25) is 5.91 Å². The molecule has 0 aromatic carbocycles. The van der Waals surface area contributed by atoms with E-state index in [2.05, 4.69) is 12.2 Å². The fourth-order valence-electron chi connectivity index (χ4n) is 2.00. The fourth-order valence-corrected chi connectivity index (χ4v) is 2.00. The molecule has 1 amide bonds. The molecule has 1 heterocycles. The van der Waals surface area contributed by atoms with Gasteiger partial charge in [-0.1, -0.05) is 13.3 Å². The van der Waals surface area contributed by atoms with Crippen LogP contribution < -0.4 is 5.32 Å². The second kappa shape index (κ2) is 4.30. The number of nitrogens with zero attached hydrogens (tertiary/aromatic N) is 1. The molecule has 0 aromatic rings. The molecule has 1 aliphatic heterocycles. The van der Waals surface area contributed by atoms with E-state index in [1.807, 2.05) is 4.90 Å². The van der Waals surface area contributed by atoms with Gasteiger partial charge in [0, 0.05) is 19.1 Å². The van der Waals surface area contributed by atoms with E-state index in [-0.39, 0.29) is 6.04 Å². The molecule has 0 aromatic heterocycles. The van der Waals surface area contributed by atoms with Gasteiger partial charge in [-0.2, -0.15) is 0 Å². The summed E-state index contributed by atoms with van der Waals surface area (Å²) in [6, 6.07) is 0.787. The van der Waals surface area contributed by atoms with Crippen LogP contribution in [0.5, 0.6) is 0 Å². The van der Waals surface area contributed by atoms with Crippen molar-refractivity contribution in [2.75, 3.05) is 13.1 Å². The summed E-state index contributed by atoms with van der Waals surface area (Å²) in [4.78, 5) is 13.9. The number of amides is 1. The third kappa shape index (κ3) is 2.27. The summed E-state index contributed by atoms with van der Waals surface area (Å²) in [5, 5.41) is 3.42. The van der Waals surface area contributed by atoms with Crippen LogP contribution in [-0.2, 0) is 4.79 Å². The number of unbranched alkanes of at least 4 members (excludes halogenated alkanes) is 1. The van der Waals surface area contributed by atoms with Crippen molar-refractivity contribution in [2.45, 2.75) is 51.1 Å². The van der Waals surface area contributed by atoms with Crippen LogP contribution in [0.4, 0.5) is 0 Å². The Hall–Kier alpha value is -0.570. The maximum Gasteiger partial charge on any atom is 0.239 e. The first kappa shape index (κ1) is 9.97. The minimum Gasteiger partial charge on any atom is -0.341 e. The Balaban J connectivity index is 1.76.